The van der Waals surface area contributed by atoms with Crippen LogP contribution in [0.5, 0.6) is 0 Å². The van der Waals surface area contributed by atoms with Crippen LogP contribution in [0.25, 0.3) is 0 Å². The molecule has 0 bridgehead atoms. The molecule has 3 atom stereocenters. The largest absolute Gasteiger partial charge is 0.394 e. The molecule has 7 heteroatoms. The van der Waals surface area contributed by atoms with Gasteiger partial charge in [0.1, 0.15) is 12.3 Å². The van der Waals surface area contributed by atoms with E-state index in [0.29, 0.717) is 12.0 Å². The second kappa shape index (κ2) is 7.53. The van der Waals surface area contributed by atoms with Crippen molar-refractivity contribution in [3.05, 3.63) is 44.8 Å². The quantitative estimate of drug-likeness (QED) is 0.645. The lowest BCUT2D eigenvalue weighted by molar-refractivity contribution is -0.0459. The van der Waals surface area contributed by atoms with Gasteiger partial charge >= 0.3 is 5.69 Å². The van der Waals surface area contributed by atoms with Crippen LogP contribution in [0.2, 0.25) is 0 Å². The molecule has 122 valence electrons. The molecule has 0 aromatic carbocycles. The fourth-order valence-corrected chi connectivity index (χ4v) is 2.43. The first-order valence-corrected chi connectivity index (χ1v) is 7.50. The number of aromatic nitrogens is 2. The summed E-state index contributed by atoms with van der Waals surface area (Å²) in [4.78, 5) is 26.0. The van der Waals surface area contributed by atoms with E-state index in [0.717, 1.165) is 12.8 Å². The molecule has 1 aromatic heterocycles. The van der Waals surface area contributed by atoms with Crippen LogP contribution in [0.3, 0.4) is 0 Å². The number of aliphatic hydroxyl groups excluding tert-OH is 2. The minimum absolute atomic E-state index is 0.197. The monoisotopic (exact) mass is 310 g/mol. The third kappa shape index (κ3) is 3.73. The smallest absolute Gasteiger partial charge is 0.330 e. The number of ether oxygens (including phenoxy) is 1. The SMILES string of the molecule is CCC/C=C/Cc1cn([C@H]2C[C@H](O)[C@@H](CO)O2)c(=O)[nH]c1=O. The number of nitrogens with one attached hydrogen (secondary N) is 1. The number of allylic oxidation sites excluding steroid dienone is 2. The lowest BCUT2D eigenvalue weighted by Crippen LogP contribution is -2.34. The van der Waals surface area contributed by atoms with Gasteiger partial charge in [0.25, 0.3) is 5.56 Å². The fourth-order valence-electron chi connectivity index (χ4n) is 2.43. The lowest BCUT2D eigenvalue weighted by Gasteiger charge is -2.15. The van der Waals surface area contributed by atoms with Gasteiger partial charge in [-0.1, -0.05) is 25.5 Å². The second-order valence-corrected chi connectivity index (χ2v) is 5.40. The molecule has 22 heavy (non-hydrogen) atoms. The van der Waals surface area contributed by atoms with Gasteiger partial charge in [0.15, 0.2) is 0 Å². The average Bonchev–Trinajstić information content (AvgIpc) is 2.86. The molecule has 0 radical (unpaired) electrons. The van der Waals surface area contributed by atoms with E-state index < -0.39 is 29.7 Å². The molecule has 1 aromatic rings. The highest BCUT2D eigenvalue weighted by Gasteiger charge is 2.35. The molecule has 2 heterocycles. The van der Waals surface area contributed by atoms with Crippen LogP contribution < -0.4 is 11.2 Å². The topological polar surface area (TPSA) is 105 Å². The van der Waals surface area contributed by atoms with E-state index in [4.69, 9.17) is 9.84 Å². The van der Waals surface area contributed by atoms with Crippen molar-refractivity contribution in [2.45, 2.75) is 51.0 Å². The van der Waals surface area contributed by atoms with Crippen molar-refractivity contribution in [3.63, 3.8) is 0 Å². The molecule has 7 nitrogen and oxygen atoms in total. The number of aliphatic hydroxyl groups is 2. The van der Waals surface area contributed by atoms with Crippen LogP contribution in [0.15, 0.2) is 27.9 Å². The Hall–Kier alpha value is -1.70. The lowest BCUT2D eigenvalue weighted by atomic mass is 10.2. The van der Waals surface area contributed by atoms with E-state index in [2.05, 4.69) is 11.9 Å². The van der Waals surface area contributed by atoms with Crippen LogP contribution in [0.4, 0.5) is 0 Å². The summed E-state index contributed by atoms with van der Waals surface area (Å²) in [6.07, 6.45) is 5.71. The number of H-pyrrole nitrogens is 1. The maximum atomic E-state index is 11.9. The minimum Gasteiger partial charge on any atom is -0.394 e. The van der Waals surface area contributed by atoms with Crippen molar-refractivity contribution >= 4 is 0 Å². The summed E-state index contributed by atoms with van der Waals surface area (Å²) >= 11 is 0. The van der Waals surface area contributed by atoms with Crippen molar-refractivity contribution < 1.29 is 14.9 Å². The highest BCUT2D eigenvalue weighted by molar-refractivity contribution is 5.10. The molecule has 1 aliphatic heterocycles. The van der Waals surface area contributed by atoms with Gasteiger partial charge in [-0.3, -0.25) is 14.3 Å². The zero-order chi connectivity index (χ0) is 16.1. The van der Waals surface area contributed by atoms with Crippen LogP contribution in [0.1, 0.15) is 38.0 Å². The van der Waals surface area contributed by atoms with Crippen molar-refractivity contribution in [1.82, 2.24) is 9.55 Å². The normalized spacial score (nSPS) is 25.1. The first-order valence-electron chi connectivity index (χ1n) is 7.50. The molecule has 1 fully saturated rings. The van der Waals surface area contributed by atoms with Gasteiger partial charge in [-0.05, 0) is 12.8 Å². The standard InChI is InChI=1S/C15H22N2O5/c1-2-3-4-5-6-10-8-17(15(21)16-14(10)20)13-7-11(19)12(9-18)22-13/h4-5,8,11-13,18-19H,2-3,6-7,9H2,1H3,(H,16,20,21)/b5-4+/t11-,12+,13+/m0/s1. The van der Waals surface area contributed by atoms with E-state index in [1.54, 1.807) is 0 Å². The Morgan fingerprint density at radius 1 is 1.45 bits per heavy atom. The van der Waals surface area contributed by atoms with Crippen LogP contribution in [-0.2, 0) is 11.2 Å². The number of unbranched alkanes of at least 4 members (excludes halogenated alkanes) is 1. The molecule has 0 unspecified atom stereocenters. The predicted octanol–water partition coefficient (Wildman–Crippen LogP) is 0.0761. The number of aromatic amines is 1. The Bertz CT molecular complexity index is 634. The highest BCUT2D eigenvalue weighted by atomic mass is 16.5. The molecule has 0 aliphatic carbocycles. The Labute approximate surface area is 127 Å². The molecular weight excluding hydrogens is 288 g/mol. The molecular formula is C15H22N2O5. The third-order valence-corrected chi connectivity index (χ3v) is 3.70. The van der Waals surface area contributed by atoms with Crippen molar-refractivity contribution in [3.8, 4) is 0 Å². The van der Waals surface area contributed by atoms with Gasteiger partial charge in [-0.2, -0.15) is 0 Å². The summed E-state index contributed by atoms with van der Waals surface area (Å²) in [7, 11) is 0. The first kappa shape index (κ1) is 16.7. The van der Waals surface area contributed by atoms with Gasteiger partial charge in [-0.25, -0.2) is 4.79 Å². The van der Waals surface area contributed by atoms with Gasteiger partial charge in [-0.15, -0.1) is 0 Å². The van der Waals surface area contributed by atoms with Gasteiger partial charge in [0, 0.05) is 18.2 Å². The first-order chi connectivity index (χ1) is 10.6. The number of rotatable bonds is 6. The Balaban J connectivity index is 2.22. The molecule has 1 aliphatic rings. The van der Waals surface area contributed by atoms with E-state index in [9.17, 15) is 14.7 Å². The van der Waals surface area contributed by atoms with Crippen LogP contribution in [-0.4, -0.2) is 38.6 Å². The Morgan fingerprint density at radius 2 is 2.23 bits per heavy atom. The average molecular weight is 310 g/mol. The number of hydrogen-bond donors (Lipinski definition) is 3. The van der Waals surface area contributed by atoms with Crippen molar-refractivity contribution in [2.24, 2.45) is 0 Å². The zero-order valence-corrected chi connectivity index (χ0v) is 12.6. The minimum atomic E-state index is -0.832. The highest BCUT2D eigenvalue weighted by Crippen LogP contribution is 2.27. The maximum Gasteiger partial charge on any atom is 0.330 e. The molecule has 0 saturated carbocycles. The zero-order valence-electron chi connectivity index (χ0n) is 12.6. The maximum absolute atomic E-state index is 11.9. The summed E-state index contributed by atoms with van der Waals surface area (Å²) in [5.41, 5.74) is -0.542. The summed E-state index contributed by atoms with van der Waals surface area (Å²) in [5, 5.41) is 18.8. The molecule has 1 saturated heterocycles. The predicted molar refractivity (Wildman–Crippen MR) is 80.7 cm³/mol. The van der Waals surface area contributed by atoms with Gasteiger partial charge < -0.3 is 14.9 Å². The summed E-state index contributed by atoms with van der Waals surface area (Å²) in [5.74, 6) is 0. The summed E-state index contributed by atoms with van der Waals surface area (Å²) in [6, 6.07) is 0. The fraction of sp³-hybridized carbons (Fsp3) is 0.600. The third-order valence-electron chi connectivity index (χ3n) is 3.70. The van der Waals surface area contributed by atoms with Crippen molar-refractivity contribution in [2.75, 3.05) is 6.61 Å². The molecule has 3 N–H and O–H groups in total. The van der Waals surface area contributed by atoms with Crippen LogP contribution in [0, 0.1) is 0 Å². The van der Waals surface area contributed by atoms with Gasteiger partial charge in [0.05, 0.1) is 12.7 Å². The number of hydrogen-bond acceptors (Lipinski definition) is 5. The van der Waals surface area contributed by atoms with E-state index in [-0.39, 0.29) is 13.0 Å². The summed E-state index contributed by atoms with van der Waals surface area (Å²) in [6.45, 7) is 1.75. The summed E-state index contributed by atoms with van der Waals surface area (Å²) < 4.78 is 6.72. The van der Waals surface area contributed by atoms with E-state index >= 15 is 0 Å². The molecule has 0 spiro atoms. The second-order valence-electron chi connectivity index (χ2n) is 5.40. The molecule has 0 amide bonds. The van der Waals surface area contributed by atoms with Gasteiger partial charge in [0.2, 0.25) is 0 Å². The van der Waals surface area contributed by atoms with Crippen LogP contribution >= 0.6 is 0 Å². The van der Waals surface area contributed by atoms with E-state index in [1.807, 2.05) is 12.2 Å². The Morgan fingerprint density at radius 3 is 2.86 bits per heavy atom. The van der Waals surface area contributed by atoms with Crippen molar-refractivity contribution in [1.29, 1.82) is 0 Å². The molecule has 2 rings (SSSR count). The Kier molecular flexibility index (Phi) is 5.70. The number of nitrogens with zero attached hydrogens (tertiary/aromatic N) is 1. The van der Waals surface area contributed by atoms with E-state index in [1.165, 1.54) is 10.8 Å².